The number of aryl methyl sites for hydroxylation is 1. The van der Waals surface area contributed by atoms with E-state index in [9.17, 15) is 15.0 Å². The van der Waals surface area contributed by atoms with Crippen LogP contribution in [-0.2, 0) is 13.0 Å². The van der Waals surface area contributed by atoms with Crippen LogP contribution in [0.2, 0.25) is 5.02 Å². The molecule has 1 aliphatic carbocycles. The molecule has 2 aliphatic rings. The van der Waals surface area contributed by atoms with Crippen molar-refractivity contribution in [1.82, 2.24) is 0 Å². The molecule has 2 aromatic carbocycles. The van der Waals surface area contributed by atoms with Gasteiger partial charge in [0, 0.05) is 18.1 Å². The number of hydrogen-bond donors (Lipinski definition) is 2. The molecule has 0 radical (unpaired) electrons. The predicted molar refractivity (Wildman–Crippen MR) is 136 cm³/mol. The second kappa shape index (κ2) is 10.4. The number of carboxylic acid groups (broad SMARTS) is 1. The fourth-order valence-corrected chi connectivity index (χ4v) is 5.50. The lowest BCUT2D eigenvalue weighted by molar-refractivity contribution is -0.0693. The third-order valence-electron chi connectivity index (χ3n) is 7.78. The number of aromatic carboxylic acids is 1. The maximum atomic E-state index is 11.8. The van der Waals surface area contributed by atoms with E-state index in [1.54, 1.807) is 24.3 Å². The Morgan fingerprint density at radius 2 is 2.12 bits per heavy atom. The minimum absolute atomic E-state index is 0.168. The Balaban J connectivity index is 1.65. The maximum Gasteiger partial charge on any atom is 0.335 e. The summed E-state index contributed by atoms with van der Waals surface area (Å²) >= 11 is 6.25. The summed E-state index contributed by atoms with van der Waals surface area (Å²) in [6.45, 7) is 7.90. The fraction of sp³-hybridized carbons (Fsp3) is 0.464. The zero-order chi connectivity index (χ0) is 24.3. The lowest BCUT2D eigenvalue weighted by Crippen LogP contribution is -2.51. The smallest absolute Gasteiger partial charge is 0.335 e. The zero-order valence-corrected chi connectivity index (χ0v) is 20.6. The summed E-state index contributed by atoms with van der Waals surface area (Å²) in [5.41, 5.74) is 3.19. The molecule has 6 heteroatoms. The van der Waals surface area contributed by atoms with E-state index < -0.39 is 12.1 Å². The SMILES string of the molecule is C=CC[C@H](O)[C@]1(C)CC[C@@H]1CN1CCCCc2cc(Cl)ccc2COc2ccc(C(=O)O)cc21. The van der Waals surface area contributed by atoms with E-state index in [2.05, 4.69) is 18.4 Å². The van der Waals surface area contributed by atoms with Crippen LogP contribution < -0.4 is 9.64 Å². The minimum Gasteiger partial charge on any atom is -0.487 e. The van der Waals surface area contributed by atoms with E-state index in [0.29, 0.717) is 24.7 Å². The van der Waals surface area contributed by atoms with Gasteiger partial charge >= 0.3 is 5.97 Å². The molecule has 34 heavy (non-hydrogen) atoms. The summed E-state index contributed by atoms with van der Waals surface area (Å²) in [5.74, 6) is 0.0392. The van der Waals surface area contributed by atoms with Crippen LogP contribution >= 0.6 is 11.6 Å². The lowest BCUT2D eigenvalue weighted by Gasteiger charge is -2.52. The number of anilines is 1. The average Bonchev–Trinajstić information content (AvgIpc) is 2.84. The third-order valence-corrected chi connectivity index (χ3v) is 8.01. The number of fused-ring (bicyclic) bond motifs is 2. The van der Waals surface area contributed by atoms with Crippen molar-refractivity contribution >= 4 is 23.3 Å². The summed E-state index contributed by atoms with van der Waals surface area (Å²) in [6, 6.07) is 11.0. The second-order valence-corrected chi connectivity index (χ2v) is 10.3. The lowest BCUT2D eigenvalue weighted by atomic mass is 9.57. The number of rotatable bonds is 6. The van der Waals surface area contributed by atoms with Crippen LogP contribution in [0.15, 0.2) is 49.1 Å². The molecule has 3 atom stereocenters. The molecular weight excluding hydrogens is 450 g/mol. The number of hydrogen-bond acceptors (Lipinski definition) is 4. The molecule has 1 fully saturated rings. The van der Waals surface area contributed by atoms with Crippen LogP contribution in [-0.4, -0.2) is 35.4 Å². The molecule has 2 N–H and O–H groups in total. The molecule has 4 rings (SSSR count). The van der Waals surface area contributed by atoms with Gasteiger partial charge in [-0.1, -0.05) is 30.7 Å². The third kappa shape index (κ3) is 5.11. The van der Waals surface area contributed by atoms with Gasteiger partial charge in [-0.15, -0.1) is 6.58 Å². The first kappa shape index (κ1) is 24.6. The van der Waals surface area contributed by atoms with Crippen LogP contribution in [0.5, 0.6) is 5.75 Å². The monoisotopic (exact) mass is 483 g/mol. The van der Waals surface area contributed by atoms with Gasteiger partial charge < -0.3 is 19.8 Å². The molecule has 0 unspecified atom stereocenters. The van der Waals surface area contributed by atoms with Crippen molar-refractivity contribution < 1.29 is 19.7 Å². The number of halogens is 1. The molecule has 0 spiro atoms. The van der Waals surface area contributed by atoms with Gasteiger partial charge in [0.1, 0.15) is 12.4 Å². The largest absolute Gasteiger partial charge is 0.487 e. The molecular formula is C28H34ClNO4. The van der Waals surface area contributed by atoms with E-state index in [1.165, 1.54) is 5.56 Å². The van der Waals surface area contributed by atoms with Crippen molar-refractivity contribution in [3.8, 4) is 5.75 Å². The molecule has 0 aromatic heterocycles. The number of aliphatic hydroxyl groups is 1. The first-order valence-electron chi connectivity index (χ1n) is 12.1. The Kier molecular flexibility index (Phi) is 7.54. The van der Waals surface area contributed by atoms with Crippen molar-refractivity contribution in [1.29, 1.82) is 0 Å². The van der Waals surface area contributed by atoms with Gasteiger partial charge in [-0.3, -0.25) is 0 Å². The zero-order valence-electron chi connectivity index (χ0n) is 19.8. The van der Waals surface area contributed by atoms with Gasteiger partial charge in [0.2, 0.25) is 0 Å². The molecule has 2 aromatic rings. The normalized spacial score (nSPS) is 23.4. The number of benzene rings is 2. The summed E-state index contributed by atoms with van der Waals surface area (Å²) in [4.78, 5) is 14.0. The second-order valence-electron chi connectivity index (χ2n) is 9.87. The van der Waals surface area contributed by atoms with Gasteiger partial charge in [-0.2, -0.15) is 0 Å². The Morgan fingerprint density at radius 3 is 2.82 bits per heavy atom. The molecule has 0 amide bonds. The van der Waals surface area contributed by atoms with Crippen molar-refractivity contribution in [2.24, 2.45) is 11.3 Å². The summed E-state index contributed by atoms with van der Waals surface area (Å²) in [6.07, 6.45) is 6.84. The van der Waals surface area contributed by atoms with Crippen molar-refractivity contribution in [3.63, 3.8) is 0 Å². The highest BCUT2D eigenvalue weighted by Crippen LogP contribution is 2.51. The van der Waals surface area contributed by atoms with Crippen LogP contribution in [0.1, 0.15) is 60.5 Å². The van der Waals surface area contributed by atoms with Crippen LogP contribution in [0, 0.1) is 11.3 Å². The van der Waals surface area contributed by atoms with Crippen molar-refractivity contribution in [2.75, 3.05) is 18.0 Å². The fourth-order valence-electron chi connectivity index (χ4n) is 5.31. The predicted octanol–water partition coefficient (Wildman–Crippen LogP) is 6.11. The van der Waals surface area contributed by atoms with Crippen molar-refractivity contribution in [3.05, 3.63) is 70.8 Å². The molecule has 5 nitrogen and oxygen atoms in total. The van der Waals surface area contributed by atoms with E-state index in [0.717, 1.165) is 61.5 Å². The first-order valence-corrected chi connectivity index (χ1v) is 12.5. The Labute approximate surface area is 207 Å². The standard InChI is InChI=1S/C28H34ClNO4/c1-3-6-26(31)28(2)13-12-22(28)17-30-14-5-4-7-19-15-23(29)10-8-21(19)18-34-25-11-9-20(27(32)33)16-24(25)30/h3,8-11,15-16,22,26,31H,1,4-7,12-14,17-18H2,2H3,(H,32,33)/t22-,26+,28-/m1/s1. The minimum atomic E-state index is -0.952. The molecule has 0 bridgehead atoms. The average molecular weight is 484 g/mol. The first-order chi connectivity index (χ1) is 16.3. The quantitative estimate of drug-likeness (QED) is 0.485. The Bertz CT molecular complexity index is 1050. The van der Waals surface area contributed by atoms with Gasteiger partial charge in [0.05, 0.1) is 17.4 Å². The van der Waals surface area contributed by atoms with Gasteiger partial charge in [0.15, 0.2) is 0 Å². The molecule has 1 heterocycles. The molecule has 182 valence electrons. The van der Waals surface area contributed by atoms with Gasteiger partial charge in [-0.25, -0.2) is 4.79 Å². The molecule has 0 saturated heterocycles. The van der Waals surface area contributed by atoms with E-state index in [-0.39, 0.29) is 11.0 Å². The topological polar surface area (TPSA) is 70.0 Å². The summed E-state index contributed by atoms with van der Waals surface area (Å²) in [5, 5.41) is 21.1. The number of nitrogens with zero attached hydrogens (tertiary/aromatic N) is 1. The number of ether oxygens (including phenoxy) is 1. The molecule has 1 aliphatic heterocycles. The Hall–Kier alpha value is -2.50. The van der Waals surface area contributed by atoms with E-state index >= 15 is 0 Å². The van der Waals surface area contributed by atoms with Crippen LogP contribution in [0.3, 0.4) is 0 Å². The summed E-state index contributed by atoms with van der Waals surface area (Å²) in [7, 11) is 0. The van der Waals surface area contributed by atoms with E-state index in [1.807, 2.05) is 18.2 Å². The van der Waals surface area contributed by atoms with Crippen molar-refractivity contribution in [2.45, 2.75) is 58.2 Å². The highest BCUT2D eigenvalue weighted by Gasteiger charge is 2.47. The van der Waals surface area contributed by atoms with Crippen LogP contribution in [0.4, 0.5) is 5.69 Å². The highest BCUT2D eigenvalue weighted by molar-refractivity contribution is 6.30. The highest BCUT2D eigenvalue weighted by atomic mass is 35.5. The summed E-state index contributed by atoms with van der Waals surface area (Å²) < 4.78 is 6.28. The van der Waals surface area contributed by atoms with Crippen LogP contribution in [0.25, 0.3) is 0 Å². The van der Waals surface area contributed by atoms with Gasteiger partial charge in [-0.05, 0) is 91.3 Å². The molecule has 1 saturated carbocycles. The maximum absolute atomic E-state index is 11.8. The number of carbonyl (C=O) groups is 1. The Morgan fingerprint density at radius 1 is 1.29 bits per heavy atom. The van der Waals surface area contributed by atoms with E-state index in [4.69, 9.17) is 16.3 Å². The van der Waals surface area contributed by atoms with Gasteiger partial charge in [0.25, 0.3) is 0 Å². The number of aliphatic hydroxyl groups excluding tert-OH is 1. The number of carboxylic acids is 1.